The van der Waals surface area contributed by atoms with Crippen molar-refractivity contribution < 1.29 is 4.74 Å². The van der Waals surface area contributed by atoms with Crippen LogP contribution >= 0.6 is 0 Å². The first-order chi connectivity index (χ1) is 14.2. The average molecular weight is 385 g/mol. The summed E-state index contributed by atoms with van der Waals surface area (Å²) >= 11 is 0. The molecule has 1 aliphatic rings. The molecule has 4 aromatic rings. The fourth-order valence-electron chi connectivity index (χ4n) is 4.06. The number of methoxy groups -OCH3 is 1. The van der Waals surface area contributed by atoms with Gasteiger partial charge in [-0.15, -0.1) is 0 Å². The summed E-state index contributed by atoms with van der Waals surface area (Å²) in [5.74, 6) is 0.533. The van der Waals surface area contributed by atoms with E-state index < -0.39 is 0 Å². The number of rotatable bonds is 4. The summed E-state index contributed by atoms with van der Waals surface area (Å²) in [6.45, 7) is 2.31. The van der Waals surface area contributed by atoms with Crippen LogP contribution in [-0.4, -0.2) is 39.9 Å². The van der Waals surface area contributed by atoms with E-state index >= 15 is 0 Å². The Bertz CT molecular complexity index is 1160. The van der Waals surface area contributed by atoms with E-state index in [2.05, 4.69) is 50.3 Å². The summed E-state index contributed by atoms with van der Waals surface area (Å²) in [6.07, 6.45) is 10.2. The molecule has 0 bridgehead atoms. The number of benzene rings is 1. The van der Waals surface area contributed by atoms with Gasteiger partial charge < -0.3 is 9.64 Å². The fourth-order valence-corrected chi connectivity index (χ4v) is 4.06. The predicted octanol–water partition coefficient (Wildman–Crippen LogP) is 4.31. The average Bonchev–Trinajstić information content (AvgIpc) is 3.43. The lowest BCUT2D eigenvalue weighted by molar-refractivity contribution is 0.402. The predicted molar refractivity (Wildman–Crippen MR) is 115 cm³/mol. The van der Waals surface area contributed by atoms with E-state index in [1.165, 1.54) is 18.5 Å². The van der Waals surface area contributed by atoms with Gasteiger partial charge in [-0.1, -0.05) is 12.1 Å². The van der Waals surface area contributed by atoms with E-state index in [9.17, 15) is 0 Å². The van der Waals surface area contributed by atoms with Crippen molar-refractivity contribution in [1.29, 1.82) is 0 Å². The first-order valence-electron chi connectivity index (χ1n) is 9.90. The molecular formula is C23H23N5O. The second kappa shape index (κ2) is 7.20. The van der Waals surface area contributed by atoms with E-state index in [-0.39, 0.29) is 0 Å². The molecule has 6 heteroatoms. The Labute approximate surface area is 169 Å². The van der Waals surface area contributed by atoms with Crippen molar-refractivity contribution in [3.63, 3.8) is 0 Å². The van der Waals surface area contributed by atoms with Crippen molar-refractivity contribution in [2.45, 2.75) is 12.8 Å². The highest BCUT2D eigenvalue weighted by molar-refractivity contribution is 5.96. The molecule has 0 radical (unpaired) electrons. The van der Waals surface area contributed by atoms with E-state index in [0.29, 0.717) is 5.88 Å². The van der Waals surface area contributed by atoms with Gasteiger partial charge in [0.15, 0.2) is 5.52 Å². The lowest BCUT2D eigenvalue weighted by Crippen LogP contribution is -2.17. The number of pyridine rings is 2. The molecule has 1 fully saturated rings. The van der Waals surface area contributed by atoms with E-state index in [4.69, 9.17) is 4.74 Å². The Morgan fingerprint density at radius 3 is 2.45 bits per heavy atom. The third-order valence-electron chi connectivity index (χ3n) is 5.55. The molecule has 1 aromatic carbocycles. The molecule has 0 aliphatic carbocycles. The normalized spacial score (nSPS) is 13.9. The van der Waals surface area contributed by atoms with Gasteiger partial charge in [0, 0.05) is 72.7 Å². The Kier molecular flexibility index (Phi) is 4.39. The molecule has 0 saturated carbocycles. The smallest absolute Gasteiger partial charge is 0.242 e. The summed E-state index contributed by atoms with van der Waals surface area (Å²) in [4.78, 5) is 11.4. The first kappa shape index (κ1) is 17.7. The number of fused-ring (bicyclic) bond motifs is 1. The van der Waals surface area contributed by atoms with Gasteiger partial charge in [-0.25, -0.2) is 4.98 Å². The van der Waals surface area contributed by atoms with Crippen molar-refractivity contribution in [3.8, 4) is 28.1 Å². The molecular weight excluding hydrogens is 362 g/mol. The molecule has 29 heavy (non-hydrogen) atoms. The van der Waals surface area contributed by atoms with Crippen molar-refractivity contribution in [2.75, 3.05) is 25.1 Å². The number of aryl methyl sites for hydroxylation is 1. The quantitative estimate of drug-likeness (QED) is 0.524. The maximum atomic E-state index is 5.37. The van der Waals surface area contributed by atoms with Crippen molar-refractivity contribution in [3.05, 3.63) is 55.1 Å². The minimum absolute atomic E-state index is 0.533. The van der Waals surface area contributed by atoms with Crippen molar-refractivity contribution in [1.82, 2.24) is 19.7 Å². The zero-order chi connectivity index (χ0) is 19.8. The minimum Gasteiger partial charge on any atom is -0.479 e. The van der Waals surface area contributed by atoms with Gasteiger partial charge in [-0.3, -0.25) is 9.67 Å². The lowest BCUT2D eigenvalue weighted by atomic mass is 10.0. The molecule has 0 unspecified atom stereocenters. The second-order valence-electron chi connectivity index (χ2n) is 7.45. The van der Waals surface area contributed by atoms with Crippen LogP contribution in [0.2, 0.25) is 0 Å². The highest BCUT2D eigenvalue weighted by Crippen LogP contribution is 2.33. The van der Waals surface area contributed by atoms with Gasteiger partial charge in [0.2, 0.25) is 5.88 Å². The number of nitrogens with zero attached hydrogens (tertiary/aromatic N) is 5. The third-order valence-corrected chi connectivity index (χ3v) is 5.55. The molecule has 0 atom stereocenters. The van der Waals surface area contributed by atoms with Crippen LogP contribution in [0.1, 0.15) is 12.8 Å². The topological polar surface area (TPSA) is 56.1 Å². The molecule has 5 rings (SSSR count). The van der Waals surface area contributed by atoms with Gasteiger partial charge in [0.05, 0.1) is 7.11 Å². The SMILES string of the molecule is COc1ncc(-c2cncc(-c3ccc(N4CCCC4)cc3)c2)c2cn(C)nc12. The Balaban J connectivity index is 1.53. The van der Waals surface area contributed by atoms with E-state index in [1.54, 1.807) is 11.8 Å². The van der Waals surface area contributed by atoms with E-state index in [0.717, 1.165) is 46.2 Å². The maximum Gasteiger partial charge on any atom is 0.242 e. The number of hydrogen-bond donors (Lipinski definition) is 0. The van der Waals surface area contributed by atoms with Gasteiger partial charge in [-0.2, -0.15) is 5.10 Å². The fraction of sp³-hybridized carbons (Fsp3) is 0.261. The number of hydrogen-bond acceptors (Lipinski definition) is 5. The molecule has 146 valence electrons. The maximum absolute atomic E-state index is 5.37. The van der Waals surface area contributed by atoms with Crippen LogP contribution in [0.4, 0.5) is 5.69 Å². The summed E-state index contributed by atoms with van der Waals surface area (Å²) in [5, 5.41) is 5.50. The van der Waals surface area contributed by atoms with Crippen LogP contribution in [-0.2, 0) is 7.05 Å². The van der Waals surface area contributed by atoms with E-state index in [1.807, 2.05) is 31.8 Å². The number of aromatic nitrogens is 4. The summed E-state index contributed by atoms with van der Waals surface area (Å²) in [7, 11) is 3.52. The van der Waals surface area contributed by atoms with Crippen LogP contribution in [0, 0.1) is 0 Å². The zero-order valence-corrected chi connectivity index (χ0v) is 16.7. The minimum atomic E-state index is 0.533. The second-order valence-corrected chi connectivity index (χ2v) is 7.45. The highest BCUT2D eigenvalue weighted by atomic mass is 16.5. The Morgan fingerprint density at radius 1 is 0.931 bits per heavy atom. The molecule has 0 amide bonds. The Hall–Kier alpha value is -3.41. The summed E-state index contributed by atoms with van der Waals surface area (Å²) in [6, 6.07) is 10.9. The molecule has 6 nitrogen and oxygen atoms in total. The molecule has 3 aromatic heterocycles. The van der Waals surface area contributed by atoms with Crippen LogP contribution < -0.4 is 9.64 Å². The third kappa shape index (κ3) is 3.20. The van der Waals surface area contributed by atoms with Gasteiger partial charge in [-0.05, 0) is 36.6 Å². The molecule has 4 heterocycles. The summed E-state index contributed by atoms with van der Waals surface area (Å²) < 4.78 is 7.16. The van der Waals surface area contributed by atoms with Crippen LogP contribution in [0.5, 0.6) is 5.88 Å². The summed E-state index contributed by atoms with van der Waals surface area (Å²) in [5.41, 5.74) is 6.31. The van der Waals surface area contributed by atoms with Crippen molar-refractivity contribution >= 4 is 16.6 Å². The van der Waals surface area contributed by atoms with Gasteiger partial charge in [0.25, 0.3) is 0 Å². The first-order valence-corrected chi connectivity index (χ1v) is 9.90. The van der Waals surface area contributed by atoms with Gasteiger partial charge in [0.1, 0.15) is 0 Å². The largest absolute Gasteiger partial charge is 0.479 e. The van der Waals surface area contributed by atoms with Gasteiger partial charge >= 0.3 is 0 Å². The van der Waals surface area contributed by atoms with Crippen LogP contribution in [0.15, 0.2) is 55.1 Å². The Morgan fingerprint density at radius 2 is 1.69 bits per heavy atom. The molecule has 1 saturated heterocycles. The standard InChI is InChI=1S/C23H23N5O/c1-27-15-21-20(14-25-23(29-2)22(21)26-27)18-11-17(12-24-13-18)16-5-7-19(8-6-16)28-9-3-4-10-28/h5-8,11-15H,3-4,9-10H2,1-2H3. The zero-order valence-electron chi connectivity index (χ0n) is 16.7. The van der Waals surface area contributed by atoms with Crippen LogP contribution in [0.3, 0.4) is 0 Å². The molecule has 0 spiro atoms. The number of anilines is 1. The molecule has 1 aliphatic heterocycles. The van der Waals surface area contributed by atoms with Crippen LogP contribution in [0.25, 0.3) is 33.2 Å². The molecule has 0 N–H and O–H groups in total. The monoisotopic (exact) mass is 385 g/mol. The highest BCUT2D eigenvalue weighted by Gasteiger charge is 2.15. The number of ether oxygens (including phenoxy) is 1. The van der Waals surface area contributed by atoms with Crippen molar-refractivity contribution in [2.24, 2.45) is 7.05 Å². The lowest BCUT2D eigenvalue weighted by Gasteiger charge is -2.17.